The largest absolute Gasteiger partial charge is 0.380 e. The van der Waals surface area contributed by atoms with Crippen molar-refractivity contribution in [2.75, 3.05) is 39.8 Å². The van der Waals surface area contributed by atoms with E-state index in [2.05, 4.69) is 34.1 Å². The van der Waals surface area contributed by atoms with Crippen LogP contribution in [0.2, 0.25) is 0 Å². The quantitative estimate of drug-likeness (QED) is 0.894. The summed E-state index contributed by atoms with van der Waals surface area (Å²) in [6, 6.07) is 9.78. The lowest BCUT2D eigenvalue weighted by atomic mass is 10.0. The second-order valence-electron chi connectivity index (χ2n) is 6.26. The minimum absolute atomic E-state index is 0.338. The zero-order valence-corrected chi connectivity index (χ0v) is 13.0. The van der Waals surface area contributed by atoms with Crippen LogP contribution in [0.4, 0.5) is 0 Å². The molecule has 0 radical (unpaired) electrons. The topological polar surface area (TPSA) is 41.7 Å². The van der Waals surface area contributed by atoms with Gasteiger partial charge in [0, 0.05) is 45.4 Å². The number of nitrogens with two attached hydrogens (primary N) is 1. The molecule has 2 aliphatic heterocycles. The van der Waals surface area contributed by atoms with E-state index in [1.54, 1.807) is 7.11 Å². The molecule has 2 fully saturated rings. The molecule has 2 N–H and O–H groups in total. The average molecular weight is 289 g/mol. The monoisotopic (exact) mass is 289 g/mol. The Morgan fingerprint density at radius 2 is 2.24 bits per heavy atom. The summed E-state index contributed by atoms with van der Waals surface area (Å²) >= 11 is 0. The molecule has 116 valence electrons. The van der Waals surface area contributed by atoms with E-state index in [4.69, 9.17) is 10.5 Å². The van der Waals surface area contributed by atoms with Crippen molar-refractivity contribution >= 4 is 0 Å². The van der Waals surface area contributed by atoms with Crippen LogP contribution in [0, 0.1) is 0 Å². The Morgan fingerprint density at radius 3 is 3.05 bits per heavy atom. The molecule has 0 aromatic heterocycles. The third-order valence-corrected chi connectivity index (χ3v) is 4.93. The second kappa shape index (κ2) is 6.88. The molecule has 1 aromatic rings. The fraction of sp³-hybridized carbons (Fsp3) is 0.647. The highest BCUT2D eigenvalue weighted by atomic mass is 16.5. The lowest BCUT2D eigenvalue weighted by molar-refractivity contribution is 0.0736. The van der Waals surface area contributed by atoms with Gasteiger partial charge < -0.3 is 10.5 Å². The van der Waals surface area contributed by atoms with Crippen LogP contribution in [-0.4, -0.2) is 55.7 Å². The Morgan fingerprint density at radius 1 is 1.33 bits per heavy atom. The molecule has 0 saturated carbocycles. The van der Waals surface area contributed by atoms with Crippen LogP contribution in [0.25, 0.3) is 0 Å². The zero-order chi connectivity index (χ0) is 14.7. The van der Waals surface area contributed by atoms with Crippen LogP contribution in [0.3, 0.4) is 0 Å². The number of rotatable bonds is 5. The van der Waals surface area contributed by atoms with Gasteiger partial charge >= 0.3 is 0 Å². The van der Waals surface area contributed by atoms with Crippen molar-refractivity contribution in [1.29, 1.82) is 0 Å². The fourth-order valence-corrected chi connectivity index (χ4v) is 3.85. The Kier molecular flexibility index (Phi) is 4.91. The second-order valence-corrected chi connectivity index (χ2v) is 6.26. The summed E-state index contributed by atoms with van der Waals surface area (Å²) in [6.45, 7) is 6.13. The van der Waals surface area contributed by atoms with Crippen LogP contribution in [0.15, 0.2) is 24.3 Å². The number of hydrogen-bond acceptors (Lipinski definition) is 4. The normalized spacial score (nSPS) is 25.0. The van der Waals surface area contributed by atoms with Crippen LogP contribution in [0.5, 0.6) is 0 Å². The van der Waals surface area contributed by atoms with Crippen LogP contribution >= 0.6 is 0 Å². The summed E-state index contributed by atoms with van der Waals surface area (Å²) in [6.07, 6.45) is 2.70. The van der Waals surface area contributed by atoms with Gasteiger partial charge in [0.15, 0.2) is 0 Å². The smallest absolute Gasteiger partial charge is 0.0713 e. The molecule has 0 spiro atoms. The van der Waals surface area contributed by atoms with Gasteiger partial charge in [-0.2, -0.15) is 0 Å². The van der Waals surface area contributed by atoms with Gasteiger partial charge in [-0.25, -0.2) is 0 Å². The Labute approximate surface area is 127 Å². The molecule has 2 aliphatic rings. The number of methoxy groups -OCH3 is 1. The summed E-state index contributed by atoms with van der Waals surface area (Å²) in [7, 11) is 1.74. The van der Waals surface area contributed by atoms with Crippen LogP contribution in [0.1, 0.15) is 30.0 Å². The molecule has 1 aromatic carbocycles. The first-order chi connectivity index (χ1) is 10.3. The summed E-state index contributed by atoms with van der Waals surface area (Å²) in [4.78, 5) is 5.23. The van der Waals surface area contributed by atoms with E-state index >= 15 is 0 Å². The number of nitrogens with zero attached hydrogens (tertiary/aromatic N) is 2. The average Bonchev–Trinajstić information content (AvgIpc) is 2.96. The van der Waals surface area contributed by atoms with E-state index in [0.717, 1.165) is 19.1 Å². The van der Waals surface area contributed by atoms with E-state index in [-0.39, 0.29) is 0 Å². The summed E-state index contributed by atoms with van der Waals surface area (Å²) in [5.41, 5.74) is 8.67. The highest BCUT2D eigenvalue weighted by Crippen LogP contribution is 2.28. The Hall–Kier alpha value is -0.940. The summed E-state index contributed by atoms with van der Waals surface area (Å²) in [5, 5.41) is 0. The predicted octanol–water partition coefficient (Wildman–Crippen LogP) is 1.61. The molecule has 2 unspecified atom stereocenters. The molecule has 21 heavy (non-hydrogen) atoms. The molecule has 2 atom stereocenters. The molecule has 4 nitrogen and oxygen atoms in total. The van der Waals surface area contributed by atoms with E-state index < -0.39 is 0 Å². The van der Waals surface area contributed by atoms with Crippen molar-refractivity contribution in [2.24, 2.45) is 5.73 Å². The maximum absolute atomic E-state index is 6.11. The van der Waals surface area contributed by atoms with E-state index in [0.29, 0.717) is 19.2 Å². The zero-order valence-electron chi connectivity index (χ0n) is 13.0. The minimum Gasteiger partial charge on any atom is -0.380 e. The Bertz CT molecular complexity index is 465. The maximum atomic E-state index is 6.11. The molecule has 0 amide bonds. The van der Waals surface area contributed by atoms with Crippen molar-refractivity contribution in [3.63, 3.8) is 0 Å². The third kappa shape index (κ3) is 3.29. The van der Waals surface area contributed by atoms with E-state index in [9.17, 15) is 0 Å². The number of hydrogen-bond donors (Lipinski definition) is 1. The molecular formula is C17H27N3O. The van der Waals surface area contributed by atoms with Crippen molar-refractivity contribution < 1.29 is 4.74 Å². The van der Waals surface area contributed by atoms with Gasteiger partial charge in [0.05, 0.1) is 6.61 Å². The van der Waals surface area contributed by atoms with Crippen molar-refractivity contribution in [2.45, 2.75) is 31.5 Å². The number of fused-ring (bicyclic) bond motifs is 1. The number of benzene rings is 1. The first kappa shape index (κ1) is 15.0. The summed E-state index contributed by atoms with van der Waals surface area (Å²) in [5.74, 6) is 0. The maximum Gasteiger partial charge on any atom is 0.0713 e. The molecule has 3 rings (SSSR count). The molecule has 2 heterocycles. The van der Waals surface area contributed by atoms with Gasteiger partial charge in [0.2, 0.25) is 0 Å². The first-order valence-corrected chi connectivity index (χ1v) is 8.07. The van der Waals surface area contributed by atoms with E-state index in [1.807, 2.05) is 0 Å². The standard InChI is InChI=1S/C17H27N3O/c1-21-13-14-4-2-5-15(10-14)17(11-18)20-9-8-19-7-3-6-16(19)12-20/h2,4-5,10,16-17H,3,6-9,11-13,18H2,1H3. The third-order valence-electron chi connectivity index (χ3n) is 4.93. The molecular weight excluding hydrogens is 262 g/mol. The lowest BCUT2D eigenvalue weighted by Crippen LogP contribution is -2.52. The minimum atomic E-state index is 0.338. The summed E-state index contributed by atoms with van der Waals surface area (Å²) < 4.78 is 5.25. The van der Waals surface area contributed by atoms with Crippen molar-refractivity contribution in [3.8, 4) is 0 Å². The molecule has 0 bridgehead atoms. The van der Waals surface area contributed by atoms with Gasteiger partial charge in [-0.15, -0.1) is 0 Å². The van der Waals surface area contributed by atoms with Crippen molar-refractivity contribution in [3.05, 3.63) is 35.4 Å². The van der Waals surface area contributed by atoms with Crippen LogP contribution in [-0.2, 0) is 11.3 Å². The van der Waals surface area contributed by atoms with Gasteiger partial charge in [-0.1, -0.05) is 24.3 Å². The Balaban J connectivity index is 1.73. The first-order valence-electron chi connectivity index (χ1n) is 8.07. The van der Waals surface area contributed by atoms with Gasteiger partial charge in [-0.3, -0.25) is 9.80 Å². The highest BCUT2D eigenvalue weighted by molar-refractivity contribution is 5.26. The number of ether oxygens (including phenoxy) is 1. The lowest BCUT2D eigenvalue weighted by Gasteiger charge is -2.41. The fourth-order valence-electron chi connectivity index (χ4n) is 3.85. The molecule has 0 aliphatic carbocycles. The van der Waals surface area contributed by atoms with Gasteiger partial charge in [0.1, 0.15) is 0 Å². The predicted molar refractivity (Wildman–Crippen MR) is 85.1 cm³/mol. The molecule has 4 heteroatoms. The van der Waals surface area contributed by atoms with Gasteiger partial charge in [-0.05, 0) is 30.5 Å². The molecule has 2 saturated heterocycles. The SMILES string of the molecule is COCc1cccc(C(CN)N2CCN3CCCC3C2)c1. The highest BCUT2D eigenvalue weighted by Gasteiger charge is 2.33. The number of piperazine rings is 1. The van der Waals surface area contributed by atoms with Gasteiger partial charge in [0.25, 0.3) is 0 Å². The van der Waals surface area contributed by atoms with Crippen LogP contribution < -0.4 is 5.73 Å². The van der Waals surface area contributed by atoms with E-state index in [1.165, 1.54) is 37.1 Å². The van der Waals surface area contributed by atoms with Crippen molar-refractivity contribution in [1.82, 2.24) is 9.80 Å².